The van der Waals surface area contributed by atoms with E-state index in [1.54, 1.807) is 0 Å². The zero-order chi connectivity index (χ0) is 12.1. The highest BCUT2D eigenvalue weighted by atomic mass is 16.5. The Hall–Kier alpha value is -0.160. The fourth-order valence-electron chi connectivity index (χ4n) is 2.70. The molecule has 2 aliphatic rings. The van der Waals surface area contributed by atoms with Gasteiger partial charge in [-0.05, 0) is 45.4 Å². The maximum Gasteiger partial charge on any atom is 0.0815 e. The zero-order valence-electron chi connectivity index (χ0n) is 11.0. The molecule has 0 amide bonds. The molecule has 2 rings (SSSR count). The molecule has 0 radical (unpaired) electrons. The summed E-state index contributed by atoms with van der Waals surface area (Å²) in [4.78, 5) is 2.39. The molecule has 2 saturated heterocycles. The highest BCUT2D eigenvalue weighted by molar-refractivity contribution is 4.84. The summed E-state index contributed by atoms with van der Waals surface area (Å²) in [6.07, 6.45) is 4.11. The first-order valence-corrected chi connectivity index (χ1v) is 6.87. The third-order valence-corrected chi connectivity index (χ3v) is 4.15. The highest BCUT2D eigenvalue weighted by Gasteiger charge is 2.29. The first kappa shape index (κ1) is 13.3. The van der Waals surface area contributed by atoms with Gasteiger partial charge in [0.1, 0.15) is 0 Å². The van der Waals surface area contributed by atoms with Crippen molar-refractivity contribution >= 4 is 0 Å². The molecule has 4 heteroatoms. The molecule has 17 heavy (non-hydrogen) atoms. The van der Waals surface area contributed by atoms with Crippen LogP contribution < -0.4 is 5.32 Å². The minimum absolute atomic E-state index is 0.524. The molecule has 2 heterocycles. The fourth-order valence-corrected chi connectivity index (χ4v) is 2.70. The number of rotatable bonds is 4. The fraction of sp³-hybridized carbons (Fsp3) is 1.00. The van der Waals surface area contributed by atoms with Gasteiger partial charge in [0.05, 0.1) is 5.60 Å². The summed E-state index contributed by atoms with van der Waals surface area (Å²) in [5, 5.41) is 13.7. The normalized spacial score (nSPS) is 27.2. The van der Waals surface area contributed by atoms with Gasteiger partial charge in [0, 0.05) is 32.6 Å². The van der Waals surface area contributed by atoms with Crippen molar-refractivity contribution in [2.45, 2.75) is 31.3 Å². The second kappa shape index (κ2) is 6.14. The van der Waals surface area contributed by atoms with Gasteiger partial charge >= 0.3 is 0 Å². The molecule has 0 aromatic carbocycles. The van der Waals surface area contributed by atoms with E-state index < -0.39 is 5.60 Å². The Bertz CT molecular complexity index is 221. The van der Waals surface area contributed by atoms with Gasteiger partial charge in [0.15, 0.2) is 0 Å². The number of nitrogens with one attached hydrogen (secondary N) is 1. The molecular formula is C13H26N2O2. The Balaban J connectivity index is 1.62. The van der Waals surface area contributed by atoms with Gasteiger partial charge < -0.3 is 20.1 Å². The first-order chi connectivity index (χ1) is 8.18. The van der Waals surface area contributed by atoms with Crippen LogP contribution in [-0.2, 0) is 4.74 Å². The molecule has 0 aromatic rings. The van der Waals surface area contributed by atoms with Gasteiger partial charge in [-0.1, -0.05) is 0 Å². The Morgan fingerprint density at radius 2 is 1.94 bits per heavy atom. The Kier molecular flexibility index (Phi) is 4.79. The second-order valence-corrected chi connectivity index (χ2v) is 5.71. The molecule has 100 valence electrons. The van der Waals surface area contributed by atoms with E-state index in [1.165, 1.54) is 25.9 Å². The Morgan fingerprint density at radius 3 is 2.59 bits per heavy atom. The maximum absolute atomic E-state index is 10.3. The van der Waals surface area contributed by atoms with Crippen molar-refractivity contribution in [1.82, 2.24) is 10.2 Å². The molecule has 4 nitrogen and oxygen atoms in total. The van der Waals surface area contributed by atoms with Crippen molar-refractivity contribution in [3.63, 3.8) is 0 Å². The summed E-state index contributed by atoms with van der Waals surface area (Å²) in [5.74, 6) is 0.787. The van der Waals surface area contributed by atoms with Crippen molar-refractivity contribution in [3.05, 3.63) is 0 Å². The van der Waals surface area contributed by atoms with Gasteiger partial charge in [0.2, 0.25) is 0 Å². The predicted molar refractivity (Wildman–Crippen MR) is 68.1 cm³/mol. The molecule has 0 spiro atoms. The Labute approximate surface area is 104 Å². The smallest absolute Gasteiger partial charge is 0.0815 e. The summed E-state index contributed by atoms with van der Waals surface area (Å²) < 4.78 is 5.28. The largest absolute Gasteiger partial charge is 0.388 e. The van der Waals surface area contributed by atoms with E-state index in [0.717, 1.165) is 31.8 Å². The number of nitrogens with zero attached hydrogens (tertiary/aromatic N) is 1. The molecule has 2 aliphatic heterocycles. The van der Waals surface area contributed by atoms with Crippen LogP contribution in [0.2, 0.25) is 0 Å². The SMILES string of the molecule is CN1CCC(CNCC2(O)CCOCC2)CC1. The summed E-state index contributed by atoms with van der Waals surface area (Å²) in [6.45, 7) is 5.60. The van der Waals surface area contributed by atoms with Gasteiger partial charge in [0.25, 0.3) is 0 Å². The molecule has 0 unspecified atom stereocenters. The third-order valence-electron chi connectivity index (χ3n) is 4.15. The number of likely N-dealkylation sites (tertiary alicyclic amines) is 1. The minimum Gasteiger partial charge on any atom is -0.388 e. The molecule has 0 bridgehead atoms. The van der Waals surface area contributed by atoms with E-state index >= 15 is 0 Å². The lowest BCUT2D eigenvalue weighted by Crippen LogP contribution is -2.46. The third kappa shape index (κ3) is 4.21. The van der Waals surface area contributed by atoms with E-state index in [4.69, 9.17) is 4.74 Å². The quantitative estimate of drug-likeness (QED) is 0.752. The molecule has 0 aromatic heterocycles. The lowest BCUT2D eigenvalue weighted by molar-refractivity contribution is -0.0619. The van der Waals surface area contributed by atoms with Gasteiger partial charge in [-0.2, -0.15) is 0 Å². The van der Waals surface area contributed by atoms with Crippen LogP contribution in [0.1, 0.15) is 25.7 Å². The number of aliphatic hydroxyl groups is 1. The number of piperidine rings is 1. The van der Waals surface area contributed by atoms with Gasteiger partial charge in [-0.25, -0.2) is 0 Å². The summed E-state index contributed by atoms with van der Waals surface area (Å²) in [5.41, 5.74) is -0.524. The molecule has 0 atom stereocenters. The van der Waals surface area contributed by atoms with Crippen LogP contribution in [0.25, 0.3) is 0 Å². The van der Waals surface area contributed by atoms with Gasteiger partial charge in [-0.3, -0.25) is 0 Å². The van der Waals surface area contributed by atoms with Crippen molar-refractivity contribution in [2.75, 3.05) is 46.4 Å². The van der Waals surface area contributed by atoms with Crippen molar-refractivity contribution in [3.8, 4) is 0 Å². The van der Waals surface area contributed by atoms with E-state index in [0.29, 0.717) is 13.2 Å². The van der Waals surface area contributed by atoms with Crippen LogP contribution in [0, 0.1) is 5.92 Å². The number of hydrogen-bond donors (Lipinski definition) is 2. The number of ether oxygens (including phenoxy) is 1. The predicted octanol–water partition coefficient (Wildman–Crippen LogP) is 0.459. The van der Waals surface area contributed by atoms with Crippen molar-refractivity contribution in [1.29, 1.82) is 0 Å². The highest BCUT2D eigenvalue weighted by Crippen LogP contribution is 2.20. The maximum atomic E-state index is 10.3. The van der Waals surface area contributed by atoms with Crippen LogP contribution >= 0.6 is 0 Å². The standard InChI is InChI=1S/C13H26N2O2/c1-15-6-2-12(3-7-15)10-14-11-13(16)4-8-17-9-5-13/h12,14,16H,2-11H2,1H3. The second-order valence-electron chi connectivity index (χ2n) is 5.71. The average Bonchev–Trinajstić information content (AvgIpc) is 2.32. The molecule has 0 saturated carbocycles. The molecule has 2 N–H and O–H groups in total. The van der Waals surface area contributed by atoms with E-state index in [-0.39, 0.29) is 0 Å². The van der Waals surface area contributed by atoms with E-state index in [1.807, 2.05) is 0 Å². The van der Waals surface area contributed by atoms with Crippen LogP contribution in [0.15, 0.2) is 0 Å². The van der Waals surface area contributed by atoms with Gasteiger partial charge in [-0.15, -0.1) is 0 Å². The van der Waals surface area contributed by atoms with Crippen LogP contribution in [0.3, 0.4) is 0 Å². The topological polar surface area (TPSA) is 44.7 Å². The number of hydrogen-bond acceptors (Lipinski definition) is 4. The van der Waals surface area contributed by atoms with E-state index in [2.05, 4.69) is 17.3 Å². The summed E-state index contributed by atoms with van der Waals surface area (Å²) in [6, 6.07) is 0. The lowest BCUT2D eigenvalue weighted by Gasteiger charge is -2.34. The monoisotopic (exact) mass is 242 g/mol. The van der Waals surface area contributed by atoms with Crippen molar-refractivity contribution < 1.29 is 9.84 Å². The molecule has 0 aliphatic carbocycles. The minimum atomic E-state index is -0.524. The first-order valence-electron chi connectivity index (χ1n) is 6.87. The van der Waals surface area contributed by atoms with E-state index in [9.17, 15) is 5.11 Å². The summed E-state index contributed by atoms with van der Waals surface area (Å²) >= 11 is 0. The van der Waals surface area contributed by atoms with Crippen LogP contribution in [-0.4, -0.2) is 62.0 Å². The molecule has 2 fully saturated rings. The van der Waals surface area contributed by atoms with Crippen molar-refractivity contribution in [2.24, 2.45) is 5.92 Å². The average molecular weight is 242 g/mol. The van der Waals surface area contributed by atoms with Crippen LogP contribution in [0.5, 0.6) is 0 Å². The zero-order valence-corrected chi connectivity index (χ0v) is 11.0. The summed E-state index contributed by atoms with van der Waals surface area (Å²) in [7, 11) is 2.19. The lowest BCUT2D eigenvalue weighted by atomic mass is 9.93. The van der Waals surface area contributed by atoms with Crippen LogP contribution in [0.4, 0.5) is 0 Å². The Morgan fingerprint density at radius 1 is 1.29 bits per heavy atom. The molecular weight excluding hydrogens is 216 g/mol.